The van der Waals surface area contributed by atoms with Gasteiger partial charge in [0.1, 0.15) is 11.5 Å². The highest BCUT2D eigenvalue weighted by molar-refractivity contribution is 7.07. The zero-order valence-electron chi connectivity index (χ0n) is 21.7. The Hall–Kier alpha value is -4.38. The highest BCUT2D eigenvalue weighted by atomic mass is 32.1. The summed E-state index contributed by atoms with van der Waals surface area (Å²) in [5.41, 5.74) is 1.48. The molecule has 1 atom stereocenters. The molecule has 0 saturated carbocycles. The van der Waals surface area contributed by atoms with Crippen LogP contribution in [-0.2, 0) is 14.3 Å². The third-order valence-electron chi connectivity index (χ3n) is 5.91. The summed E-state index contributed by atoms with van der Waals surface area (Å²) in [6.07, 6.45) is 1.71. The van der Waals surface area contributed by atoms with Crippen LogP contribution < -0.4 is 33.8 Å². The van der Waals surface area contributed by atoms with Gasteiger partial charge in [-0.15, -0.1) is 0 Å². The van der Waals surface area contributed by atoms with Gasteiger partial charge in [0.15, 0.2) is 16.3 Å². The first-order valence-electron chi connectivity index (χ1n) is 11.4. The number of benzene rings is 2. The topological polar surface area (TPSA) is 115 Å². The molecule has 0 saturated heterocycles. The molecule has 0 amide bonds. The van der Waals surface area contributed by atoms with Gasteiger partial charge in [-0.3, -0.25) is 14.2 Å². The number of carbonyl (C=O) groups is 2. The molecule has 10 nitrogen and oxygen atoms in total. The van der Waals surface area contributed by atoms with Gasteiger partial charge in [0, 0.05) is 18.6 Å². The normalized spacial score (nSPS) is 14.9. The largest absolute Gasteiger partial charge is 0.497 e. The fourth-order valence-corrected chi connectivity index (χ4v) is 5.22. The molecule has 2 aromatic carbocycles. The maximum atomic E-state index is 13.8. The maximum Gasteiger partial charge on any atom is 0.338 e. The number of rotatable bonds is 7. The summed E-state index contributed by atoms with van der Waals surface area (Å²) < 4.78 is 28.3. The predicted molar refractivity (Wildman–Crippen MR) is 140 cm³/mol. The average molecular weight is 539 g/mol. The fourth-order valence-electron chi connectivity index (χ4n) is 4.18. The van der Waals surface area contributed by atoms with Crippen molar-refractivity contribution in [2.45, 2.75) is 19.9 Å². The number of esters is 2. The van der Waals surface area contributed by atoms with Gasteiger partial charge in [0.25, 0.3) is 5.56 Å². The van der Waals surface area contributed by atoms with Gasteiger partial charge in [-0.1, -0.05) is 17.4 Å². The lowest BCUT2D eigenvalue weighted by Gasteiger charge is -2.25. The molecule has 1 aliphatic heterocycles. The van der Waals surface area contributed by atoms with Crippen molar-refractivity contribution in [3.63, 3.8) is 0 Å². The van der Waals surface area contributed by atoms with Gasteiger partial charge >= 0.3 is 11.9 Å². The number of hydrogen-bond donors (Lipinski definition) is 0. The monoisotopic (exact) mass is 538 g/mol. The van der Waals surface area contributed by atoms with Crippen molar-refractivity contribution in [3.05, 3.63) is 78.5 Å². The molecule has 11 heteroatoms. The molecule has 38 heavy (non-hydrogen) atoms. The smallest absolute Gasteiger partial charge is 0.338 e. The van der Waals surface area contributed by atoms with Crippen LogP contribution >= 0.6 is 11.3 Å². The Morgan fingerprint density at radius 2 is 1.71 bits per heavy atom. The molecule has 0 bridgehead atoms. The van der Waals surface area contributed by atoms with E-state index in [9.17, 15) is 14.4 Å². The number of hydrogen-bond acceptors (Lipinski definition) is 10. The number of ether oxygens (including phenoxy) is 5. The van der Waals surface area contributed by atoms with Crippen LogP contribution in [0.2, 0.25) is 0 Å². The molecule has 0 fully saturated rings. The predicted octanol–water partition coefficient (Wildman–Crippen LogP) is 2.36. The lowest BCUT2D eigenvalue weighted by molar-refractivity contribution is -0.136. The van der Waals surface area contributed by atoms with Gasteiger partial charge in [0.2, 0.25) is 0 Å². The minimum absolute atomic E-state index is 0.204. The number of aromatic nitrogens is 1. The van der Waals surface area contributed by atoms with Crippen molar-refractivity contribution in [3.8, 4) is 23.0 Å². The molecule has 0 aliphatic carbocycles. The Bertz CT molecular complexity index is 1630. The van der Waals surface area contributed by atoms with Crippen LogP contribution in [0.25, 0.3) is 6.08 Å². The Morgan fingerprint density at radius 1 is 0.974 bits per heavy atom. The van der Waals surface area contributed by atoms with Crippen LogP contribution in [0, 0.1) is 0 Å². The summed E-state index contributed by atoms with van der Waals surface area (Å²) in [4.78, 5) is 43.2. The van der Waals surface area contributed by atoms with Crippen molar-refractivity contribution < 1.29 is 33.3 Å². The molecule has 198 valence electrons. The van der Waals surface area contributed by atoms with Crippen LogP contribution in [0.4, 0.5) is 0 Å². The van der Waals surface area contributed by atoms with E-state index in [1.165, 1.54) is 44.2 Å². The second-order valence-corrected chi connectivity index (χ2v) is 9.19. The lowest BCUT2D eigenvalue weighted by Crippen LogP contribution is -2.39. The molecular formula is C27H26N2O8S. The molecule has 0 radical (unpaired) electrons. The van der Waals surface area contributed by atoms with E-state index in [0.29, 0.717) is 37.7 Å². The number of nitrogens with zero attached hydrogens (tertiary/aromatic N) is 2. The van der Waals surface area contributed by atoms with Crippen LogP contribution in [0.1, 0.15) is 31.0 Å². The molecule has 2 heterocycles. The Labute approximate surface area is 222 Å². The number of thiazole rings is 1. The van der Waals surface area contributed by atoms with E-state index in [-0.39, 0.29) is 22.6 Å². The van der Waals surface area contributed by atoms with Crippen molar-refractivity contribution in [1.82, 2.24) is 4.57 Å². The van der Waals surface area contributed by atoms with Gasteiger partial charge in [-0.2, -0.15) is 0 Å². The summed E-state index contributed by atoms with van der Waals surface area (Å²) in [5, 5.41) is 0. The van der Waals surface area contributed by atoms with Gasteiger partial charge in [-0.05, 0) is 42.8 Å². The fraction of sp³-hybridized carbons (Fsp3) is 0.259. The van der Waals surface area contributed by atoms with E-state index in [0.717, 1.165) is 0 Å². The summed E-state index contributed by atoms with van der Waals surface area (Å²) in [6.45, 7) is 2.97. The minimum atomic E-state index is -0.862. The van der Waals surface area contributed by atoms with Gasteiger partial charge in [0.05, 0.1) is 50.3 Å². The molecule has 3 aromatic rings. The summed E-state index contributed by atoms with van der Waals surface area (Å²) in [6, 6.07) is 9.26. The Morgan fingerprint density at radius 3 is 2.34 bits per heavy atom. The van der Waals surface area contributed by atoms with E-state index in [1.807, 2.05) is 0 Å². The number of methoxy groups -OCH3 is 4. The summed E-state index contributed by atoms with van der Waals surface area (Å²) in [5.74, 6) is 0.494. The third kappa shape index (κ3) is 4.92. The first-order valence-corrected chi connectivity index (χ1v) is 12.2. The minimum Gasteiger partial charge on any atom is -0.497 e. The van der Waals surface area contributed by atoms with E-state index < -0.39 is 18.0 Å². The molecule has 4 rings (SSSR count). The zero-order chi connectivity index (χ0) is 27.6. The molecule has 0 spiro atoms. The molecule has 1 aliphatic rings. The Balaban J connectivity index is 1.95. The molecule has 1 aromatic heterocycles. The van der Waals surface area contributed by atoms with Crippen molar-refractivity contribution in [1.29, 1.82) is 0 Å². The van der Waals surface area contributed by atoms with Crippen LogP contribution in [0.3, 0.4) is 0 Å². The number of allylic oxidation sites excluding steroid dienone is 1. The maximum absolute atomic E-state index is 13.8. The summed E-state index contributed by atoms with van der Waals surface area (Å²) in [7, 11) is 5.79. The zero-order valence-corrected chi connectivity index (χ0v) is 22.5. The number of carbonyl (C=O) groups excluding carboxylic acids is 2. The van der Waals surface area contributed by atoms with Gasteiger partial charge < -0.3 is 23.7 Å². The lowest BCUT2D eigenvalue weighted by atomic mass is 9.95. The van der Waals surface area contributed by atoms with E-state index in [2.05, 4.69) is 4.99 Å². The van der Waals surface area contributed by atoms with Crippen molar-refractivity contribution in [2.24, 2.45) is 4.99 Å². The Kier molecular flexibility index (Phi) is 7.67. The highest BCUT2D eigenvalue weighted by Crippen LogP contribution is 2.36. The van der Waals surface area contributed by atoms with Crippen LogP contribution in [0.15, 0.2) is 57.5 Å². The first-order chi connectivity index (χ1) is 18.2. The first kappa shape index (κ1) is 26.7. The quantitative estimate of drug-likeness (QED) is 0.333. The van der Waals surface area contributed by atoms with Crippen molar-refractivity contribution in [2.75, 3.05) is 28.4 Å². The standard InChI is InChI=1S/C27H26N2O8S/c1-14-23(26(32)36-6)24(17-8-10-19(37-15(2)30)21(11-17)35-5)29-25(31)22(38-27(29)28-14)12-16-7-9-18(33-3)13-20(16)34-4/h7-13,24H,1-6H3/b22-12+/t24-/m1/s1. The second-order valence-electron chi connectivity index (χ2n) is 8.19. The van der Waals surface area contributed by atoms with E-state index in [4.69, 9.17) is 23.7 Å². The number of fused-ring (bicyclic) bond motifs is 1. The molecule has 0 N–H and O–H groups in total. The van der Waals surface area contributed by atoms with Crippen LogP contribution in [-0.4, -0.2) is 44.9 Å². The van der Waals surface area contributed by atoms with E-state index in [1.54, 1.807) is 56.5 Å². The van der Waals surface area contributed by atoms with Gasteiger partial charge in [-0.25, -0.2) is 9.79 Å². The van der Waals surface area contributed by atoms with Crippen molar-refractivity contribution >= 4 is 29.4 Å². The SMILES string of the molecule is COC(=O)C1=C(C)N=c2s/c(=C/c3ccc(OC)cc3OC)c(=O)n2[C@@H]1c1ccc(OC(C)=O)c(OC)c1. The third-order valence-corrected chi connectivity index (χ3v) is 6.89. The average Bonchev–Trinajstić information content (AvgIpc) is 3.21. The highest BCUT2D eigenvalue weighted by Gasteiger charge is 2.33. The summed E-state index contributed by atoms with van der Waals surface area (Å²) >= 11 is 1.19. The molecule has 0 unspecified atom stereocenters. The van der Waals surface area contributed by atoms with E-state index >= 15 is 0 Å². The van der Waals surface area contributed by atoms with Crippen LogP contribution in [0.5, 0.6) is 23.0 Å². The molecular weight excluding hydrogens is 512 g/mol. The second kappa shape index (κ2) is 10.9.